The number of amides is 1. The van der Waals surface area contributed by atoms with Crippen LogP contribution in [0, 0.1) is 5.92 Å². The minimum Gasteiger partial charge on any atom is -0.348 e. The molecule has 0 fully saturated rings. The molecule has 0 saturated heterocycles. The van der Waals surface area contributed by atoms with Crippen molar-refractivity contribution in [2.75, 3.05) is 0 Å². The Morgan fingerprint density at radius 2 is 1.83 bits per heavy atom. The summed E-state index contributed by atoms with van der Waals surface area (Å²) in [5.74, 6) is 0.689. The van der Waals surface area contributed by atoms with E-state index in [1.54, 1.807) is 11.8 Å². The summed E-state index contributed by atoms with van der Waals surface area (Å²) in [7, 11) is 0. The number of carbonyl (C=O) groups excluding carboxylic acids is 1. The molecule has 2 atom stereocenters. The second-order valence-corrected chi connectivity index (χ2v) is 7.76. The smallest absolute Gasteiger partial charge is 0.234 e. The number of fused-ring (bicyclic) bond motifs is 1. The Labute approximate surface area is 142 Å². The van der Waals surface area contributed by atoms with Crippen molar-refractivity contribution in [2.24, 2.45) is 5.92 Å². The standard InChI is InChI=1S/C20H23NOS/c1-14(2)12-17(15-8-4-3-5-9-15)21-20(22)19-13-16-10-6-7-11-18(16)23-19/h3-11,14,17,19H,12-13H2,1-2H3,(H,21,22). The third-order valence-corrected chi connectivity index (χ3v) is 5.48. The van der Waals surface area contributed by atoms with E-state index in [2.05, 4.69) is 43.4 Å². The maximum Gasteiger partial charge on any atom is 0.234 e. The molecule has 0 spiro atoms. The molecule has 0 bridgehead atoms. The topological polar surface area (TPSA) is 29.1 Å². The zero-order valence-electron chi connectivity index (χ0n) is 13.7. The Morgan fingerprint density at radius 3 is 2.52 bits per heavy atom. The van der Waals surface area contributed by atoms with Crippen LogP contribution in [0.3, 0.4) is 0 Å². The summed E-state index contributed by atoms with van der Waals surface area (Å²) < 4.78 is 0. The lowest BCUT2D eigenvalue weighted by Gasteiger charge is -2.22. The van der Waals surface area contributed by atoms with E-state index in [4.69, 9.17) is 0 Å². The molecule has 0 aromatic heterocycles. The monoisotopic (exact) mass is 325 g/mol. The number of thioether (sulfide) groups is 1. The van der Waals surface area contributed by atoms with Gasteiger partial charge in [-0.3, -0.25) is 4.79 Å². The van der Waals surface area contributed by atoms with Crippen LogP contribution in [0.1, 0.15) is 37.4 Å². The molecule has 0 saturated carbocycles. The second kappa shape index (κ2) is 7.22. The van der Waals surface area contributed by atoms with E-state index in [1.165, 1.54) is 16.0 Å². The minimum atomic E-state index is -0.00854. The lowest BCUT2D eigenvalue weighted by Crippen LogP contribution is -2.36. The first-order chi connectivity index (χ1) is 11.1. The van der Waals surface area contributed by atoms with Crippen molar-refractivity contribution in [3.63, 3.8) is 0 Å². The van der Waals surface area contributed by atoms with Crippen LogP contribution in [0.2, 0.25) is 0 Å². The largest absolute Gasteiger partial charge is 0.348 e. The Hall–Kier alpha value is -1.74. The Bertz CT molecular complexity index is 643. The van der Waals surface area contributed by atoms with Crippen LogP contribution in [-0.2, 0) is 11.2 Å². The highest BCUT2D eigenvalue weighted by molar-refractivity contribution is 8.01. The van der Waals surface area contributed by atoms with Gasteiger partial charge in [-0.2, -0.15) is 0 Å². The van der Waals surface area contributed by atoms with Crippen LogP contribution >= 0.6 is 11.8 Å². The lowest BCUT2D eigenvalue weighted by atomic mass is 9.96. The number of benzene rings is 2. The fourth-order valence-electron chi connectivity index (χ4n) is 3.03. The van der Waals surface area contributed by atoms with Gasteiger partial charge < -0.3 is 5.32 Å². The van der Waals surface area contributed by atoms with Crippen LogP contribution in [0.25, 0.3) is 0 Å². The van der Waals surface area contributed by atoms with Crippen molar-refractivity contribution in [3.05, 3.63) is 65.7 Å². The van der Waals surface area contributed by atoms with Crippen LogP contribution in [0.4, 0.5) is 0 Å². The van der Waals surface area contributed by atoms with Crippen molar-refractivity contribution in [2.45, 2.75) is 42.9 Å². The van der Waals surface area contributed by atoms with Crippen LogP contribution in [0.15, 0.2) is 59.5 Å². The molecular formula is C20H23NOS. The molecule has 2 aromatic rings. The van der Waals surface area contributed by atoms with Crippen molar-refractivity contribution >= 4 is 17.7 Å². The van der Waals surface area contributed by atoms with E-state index in [9.17, 15) is 4.79 Å². The first-order valence-corrected chi connectivity index (χ1v) is 9.11. The van der Waals surface area contributed by atoms with Gasteiger partial charge >= 0.3 is 0 Å². The summed E-state index contributed by atoms with van der Waals surface area (Å²) in [6, 6.07) is 18.7. The average Bonchev–Trinajstić information content (AvgIpc) is 2.99. The van der Waals surface area contributed by atoms with E-state index in [0.717, 1.165) is 12.8 Å². The Kier molecular flexibility index (Phi) is 5.06. The second-order valence-electron chi connectivity index (χ2n) is 6.52. The first kappa shape index (κ1) is 16.1. The first-order valence-electron chi connectivity index (χ1n) is 8.23. The molecule has 3 heteroatoms. The summed E-state index contributed by atoms with van der Waals surface area (Å²) in [4.78, 5) is 14.0. The molecule has 1 N–H and O–H groups in total. The molecule has 1 aliphatic rings. The summed E-state index contributed by atoms with van der Waals surface area (Å²) in [5, 5.41) is 3.27. The molecule has 2 nitrogen and oxygen atoms in total. The van der Waals surface area contributed by atoms with Crippen molar-refractivity contribution in [3.8, 4) is 0 Å². The third-order valence-electron chi connectivity index (χ3n) is 4.17. The van der Waals surface area contributed by atoms with Gasteiger partial charge in [0.15, 0.2) is 0 Å². The molecule has 120 valence electrons. The zero-order valence-corrected chi connectivity index (χ0v) is 14.5. The van der Waals surface area contributed by atoms with E-state index in [1.807, 2.05) is 30.3 Å². The van der Waals surface area contributed by atoms with E-state index in [-0.39, 0.29) is 17.2 Å². The maximum atomic E-state index is 12.7. The average molecular weight is 325 g/mol. The molecule has 23 heavy (non-hydrogen) atoms. The maximum absolute atomic E-state index is 12.7. The van der Waals surface area contributed by atoms with Gasteiger partial charge in [-0.1, -0.05) is 62.4 Å². The van der Waals surface area contributed by atoms with Gasteiger partial charge in [0, 0.05) is 4.90 Å². The third kappa shape index (κ3) is 3.97. The normalized spacial score (nSPS) is 17.8. The van der Waals surface area contributed by atoms with Gasteiger partial charge in [0.05, 0.1) is 11.3 Å². The Morgan fingerprint density at radius 1 is 1.13 bits per heavy atom. The molecule has 2 aromatic carbocycles. The summed E-state index contributed by atoms with van der Waals surface area (Å²) in [5.41, 5.74) is 2.48. The molecule has 0 aliphatic carbocycles. The van der Waals surface area contributed by atoms with Crippen LogP contribution in [-0.4, -0.2) is 11.2 Å². The van der Waals surface area contributed by atoms with Crippen LogP contribution < -0.4 is 5.32 Å². The molecule has 3 rings (SSSR count). The number of nitrogens with one attached hydrogen (secondary N) is 1. The molecule has 1 heterocycles. The van der Waals surface area contributed by atoms with Gasteiger partial charge in [-0.15, -0.1) is 11.8 Å². The predicted octanol–water partition coefficient (Wildman–Crippen LogP) is 4.61. The van der Waals surface area contributed by atoms with Gasteiger partial charge in [0.25, 0.3) is 0 Å². The summed E-state index contributed by atoms with van der Waals surface area (Å²) in [6.07, 6.45) is 1.79. The van der Waals surface area contributed by atoms with E-state index < -0.39 is 0 Å². The molecule has 1 aliphatic heterocycles. The molecule has 2 unspecified atom stereocenters. The Balaban J connectivity index is 1.70. The van der Waals surface area contributed by atoms with Gasteiger partial charge in [-0.05, 0) is 36.0 Å². The molecular weight excluding hydrogens is 302 g/mol. The highest BCUT2D eigenvalue weighted by Crippen LogP contribution is 2.37. The number of carbonyl (C=O) groups is 1. The molecule has 1 amide bonds. The van der Waals surface area contributed by atoms with Crippen molar-refractivity contribution in [1.82, 2.24) is 5.32 Å². The number of rotatable bonds is 5. The summed E-state index contributed by atoms with van der Waals surface area (Å²) >= 11 is 1.69. The zero-order chi connectivity index (χ0) is 16.2. The SMILES string of the molecule is CC(C)CC(NC(=O)C1Cc2ccccc2S1)c1ccccc1. The van der Waals surface area contributed by atoms with Crippen molar-refractivity contribution < 1.29 is 4.79 Å². The van der Waals surface area contributed by atoms with Gasteiger partial charge in [-0.25, -0.2) is 0 Å². The van der Waals surface area contributed by atoms with Crippen molar-refractivity contribution in [1.29, 1.82) is 0 Å². The minimum absolute atomic E-state index is 0.00854. The number of hydrogen-bond acceptors (Lipinski definition) is 2. The van der Waals surface area contributed by atoms with Crippen LogP contribution in [0.5, 0.6) is 0 Å². The summed E-state index contributed by atoms with van der Waals surface area (Å²) in [6.45, 7) is 4.39. The molecule has 0 radical (unpaired) electrons. The number of hydrogen-bond donors (Lipinski definition) is 1. The quantitative estimate of drug-likeness (QED) is 0.870. The highest BCUT2D eigenvalue weighted by atomic mass is 32.2. The van der Waals surface area contributed by atoms with E-state index in [0.29, 0.717) is 5.92 Å². The predicted molar refractivity (Wildman–Crippen MR) is 96.6 cm³/mol. The fraction of sp³-hybridized carbons (Fsp3) is 0.350. The van der Waals surface area contributed by atoms with Gasteiger partial charge in [0.2, 0.25) is 5.91 Å². The lowest BCUT2D eigenvalue weighted by molar-refractivity contribution is -0.121. The van der Waals surface area contributed by atoms with E-state index >= 15 is 0 Å². The highest BCUT2D eigenvalue weighted by Gasteiger charge is 2.29. The fourth-order valence-corrected chi connectivity index (χ4v) is 4.23. The van der Waals surface area contributed by atoms with Gasteiger partial charge in [0.1, 0.15) is 0 Å².